The van der Waals surface area contributed by atoms with Gasteiger partial charge in [0.15, 0.2) is 18.9 Å². The first-order chi connectivity index (χ1) is 6.36. The third-order valence-corrected chi connectivity index (χ3v) is 1.66. The van der Waals surface area contributed by atoms with E-state index in [1.165, 1.54) is 0 Å². The molecule has 0 unspecified atom stereocenters. The van der Waals surface area contributed by atoms with E-state index in [-0.39, 0.29) is 23.6 Å². The number of aliphatic hydroxyl groups excluding tert-OH is 1. The van der Waals surface area contributed by atoms with E-state index in [4.69, 9.17) is 5.11 Å². The molecule has 0 aliphatic rings. The zero-order chi connectivity index (χ0) is 9.52. The van der Waals surface area contributed by atoms with Crippen molar-refractivity contribution in [2.45, 2.75) is 13.0 Å². The second kappa shape index (κ2) is 7.46. The number of amides is 1. The Labute approximate surface area is 93.3 Å². The zero-order valence-electron chi connectivity index (χ0n) is 7.69. The second-order valence-electron chi connectivity index (χ2n) is 2.67. The molecule has 14 heavy (non-hydrogen) atoms. The number of halogens is 1. The van der Waals surface area contributed by atoms with Crippen LogP contribution >= 0.6 is 0 Å². The highest BCUT2D eigenvalue weighted by molar-refractivity contribution is 5.69. The number of carbonyl (C=O) groups is 1. The number of nitrogens with zero attached hydrogens (tertiary/aromatic N) is 1. The maximum atomic E-state index is 10.1. The van der Waals surface area contributed by atoms with Crippen molar-refractivity contribution in [1.29, 1.82) is 0 Å². The summed E-state index contributed by atoms with van der Waals surface area (Å²) in [7, 11) is 0. The molecule has 0 radical (unpaired) electrons. The molecule has 0 saturated carbocycles. The number of pyridine rings is 1. The molecule has 1 amide bonds. The summed E-state index contributed by atoms with van der Waals surface area (Å²) in [5.74, 6) is 0. The lowest BCUT2D eigenvalue weighted by atomic mass is 10.4. The van der Waals surface area contributed by atoms with Gasteiger partial charge in [-0.05, 0) is 6.07 Å². The molecule has 0 aromatic carbocycles. The van der Waals surface area contributed by atoms with Crippen LogP contribution in [0.15, 0.2) is 24.5 Å². The Bertz CT molecular complexity index is 281. The summed E-state index contributed by atoms with van der Waals surface area (Å²) in [5, 5.41) is 11.2. The molecule has 1 heterocycles. The maximum Gasteiger partial charge on any atom is 0.211 e. The van der Waals surface area contributed by atoms with Crippen molar-refractivity contribution in [1.82, 2.24) is 0 Å². The SMILES string of the molecule is O=CNc1ccc[n+](CCCO)c1.[Br-]. The van der Waals surface area contributed by atoms with Crippen LogP contribution in [0.25, 0.3) is 0 Å². The zero-order valence-corrected chi connectivity index (χ0v) is 9.27. The monoisotopic (exact) mass is 260 g/mol. The number of hydrogen-bond acceptors (Lipinski definition) is 2. The van der Waals surface area contributed by atoms with E-state index in [0.717, 1.165) is 18.7 Å². The second-order valence-corrected chi connectivity index (χ2v) is 2.67. The minimum Gasteiger partial charge on any atom is -1.00 e. The average Bonchev–Trinajstić information content (AvgIpc) is 2.16. The van der Waals surface area contributed by atoms with Gasteiger partial charge in [0.05, 0.1) is 0 Å². The van der Waals surface area contributed by atoms with E-state index in [1.54, 1.807) is 0 Å². The van der Waals surface area contributed by atoms with Gasteiger partial charge < -0.3 is 27.4 Å². The van der Waals surface area contributed by atoms with Crippen molar-refractivity contribution in [3.05, 3.63) is 24.5 Å². The lowest BCUT2D eigenvalue weighted by molar-refractivity contribution is -0.696. The van der Waals surface area contributed by atoms with E-state index in [2.05, 4.69) is 5.32 Å². The summed E-state index contributed by atoms with van der Waals surface area (Å²) in [6, 6.07) is 3.66. The minimum atomic E-state index is 0. The number of aryl methyl sites for hydroxylation is 1. The van der Waals surface area contributed by atoms with Crippen LogP contribution in [0.2, 0.25) is 0 Å². The van der Waals surface area contributed by atoms with E-state index < -0.39 is 0 Å². The van der Waals surface area contributed by atoms with Crippen LogP contribution < -0.4 is 26.9 Å². The van der Waals surface area contributed by atoms with Gasteiger partial charge in [-0.15, -0.1) is 0 Å². The van der Waals surface area contributed by atoms with Crippen molar-refractivity contribution in [2.75, 3.05) is 11.9 Å². The number of aliphatic hydroxyl groups is 1. The largest absolute Gasteiger partial charge is 1.00 e. The number of carbonyl (C=O) groups excluding carboxylic acids is 1. The predicted octanol–water partition coefficient (Wildman–Crippen LogP) is -3.07. The number of hydrogen-bond donors (Lipinski definition) is 2. The highest BCUT2D eigenvalue weighted by Gasteiger charge is 2.00. The third-order valence-electron chi connectivity index (χ3n) is 1.66. The van der Waals surface area contributed by atoms with Crippen LogP contribution in [0, 0.1) is 0 Å². The topological polar surface area (TPSA) is 53.2 Å². The highest BCUT2D eigenvalue weighted by Crippen LogP contribution is 1.99. The lowest BCUT2D eigenvalue weighted by Gasteiger charge is -1.97. The molecule has 1 aromatic heterocycles. The van der Waals surface area contributed by atoms with Crippen LogP contribution in [0.1, 0.15) is 6.42 Å². The Morgan fingerprint density at radius 2 is 2.36 bits per heavy atom. The van der Waals surface area contributed by atoms with Gasteiger partial charge >= 0.3 is 0 Å². The fourth-order valence-corrected chi connectivity index (χ4v) is 1.07. The van der Waals surface area contributed by atoms with Crippen molar-refractivity contribution >= 4 is 12.1 Å². The highest BCUT2D eigenvalue weighted by atomic mass is 79.9. The Kier molecular flexibility index (Phi) is 6.96. The summed E-state index contributed by atoms with van der Waals surface area (Å²) in [4.78, 5) is 10.1. The van der Waals surface area contributed by atoms with Gasteiger partial charge in [0.2, 0.25) is 6.41 Å². The first-order valence-electron chi connectivity index (χ1n) is 4.17. The molecule has 0 fully saturated rings. The molecule has 0 aliphatic carbocycles. The van der Waals surface area contributed by atoms with E-state index in [0.29, 0.717) is 6.41 Å². The number of aromatic nitrogens is 1. The summed E-state index contributed by atoms with van der Waals surface area (Å²) >= 11 is 0. The molecule has 0 atom stereocenters. The summed E-state index contributed by atoms with van der Waals surface area (Å²) in [6.45, 7) is 0.934. The van der Waals surface area contributed by atoms with Gasteiger partial charge in [-0.3, -0.25) is 4.79 Å². The van der Waals surface area contributed by atoms with Crippen molar-refractivity contribution in [2.24, 2.45) is 0 Å². The summed E-state index contributed by atoms with van der Waals surface area (Å²) in [5.41, 5.74) is 0.760. The van der Waals surface area contributed by atoms with E-state index >= 15 is 0 Å². The molecule has 4 nitrogen and oxygen atoms in total. The average molecular weight is 261 g/mol. The van der Waals surface area contributed by atoms with E-state index in [1.807, 2.05) is 29.1 Å². The molecular weight excluding hydrogens is 248 g/mol. The number of rotatable bonds is 5. The molecule has 1 rings (SSSR count). The molecule has 5 heteroatoms. The smallest absolute Gasteiger partial charge is 0.211 e. The Morgan fingerprint density at radius 1 is 1.57 bits per heavy atom. The molecular formula is C9H13BrN2O2. The standard InChI is InChI=1S/C9H12N2O2.BrH/c12-6-2-5-11-4-1-3-9(7-11)10-8-13;/h1,3-4,7-8,12H,2,5-6H2;1H. The van der Waals surface area contributed by atoms with Crippen LogP contribution in [0.4, 0.5) is 5.69 Å². The first kappa shape index (κ1) is 13.1. The Morgan fingerprint density at radius 3 is 3.00 bits per heavy atom. The fraction of sp³-hybridized carbons (Fsp3) is 0.333. The maximum absolute atomic E-state index is 10.1. The fourth-order valence-electron chi connectivity index (χ4n) is 1.07. The van der Waals surface area contributed by atoms with Crippen LogP contribution in [0.3, 0.4) is 0 Å². The van der Waals surface area contributed by atoms with Gasteiger partial charge in [0, 0.05) is 19.1 Å². The molecule has 78 valence electrons. The van der Waals surface area contributed by atoms with Crippen molar-refractivity contribution < 1.29 is 31.4 Å². The predicted molar refractivity (Wildman–Crippen MR) is 48.0 cm³/mol. The molecule has 1 aromatic rings. The van der Waals surface area contributed by atoms with Crippen LogP contribution in [-0.4, -0.2) is 18.1 Å². The molecule has 0 saturated heterocycles. The van der Waals surface area contributed by atoms with Crippen LogP contribution in [-0.2, 0) is 11.3 Å². The molecule has 2 N–H and O–H groups in total. The number of anilines is 1. The minimum absolute atomic E-state index is 0. The quantitative estimate of drug-likeness (QED) is 0.436. The normalized spacial score (nSPS) is 8.93. The first-order valence-corrected chi connectivity index (χ1v) is 4.17. The Balaban J connectivity index is 0.00000169. The van der Waals surface area contributed by atoms with Crippen molar-refractivity contribution in [3.63, 3.8) is 0 Å². The summed E-state index contributed by atoms with van der Waals surface area (Å²) in [6.07, 6.45) is 5.08. The Hall–Kier alpha value is -0.940. The molecule has 0 aliphatic heterocycles. The molecule has 0 bridgehead atoms. The van der Waals surface area contributed by atoms with Gasteiger partial charge in [0.25, 0.3) is 0 Å². The van der Waals surface area contributed by atoms with Gasteiger partial charge in [-0.25, -0.2) is 4.57 Å². The number of nitrogens with one attached hydrogen (secondary N) is 1. The van der Waals surface area contributed by atoms with Gasteiger partial charge in [-0.2, -0.15) is 0 Å². The third kappa shape index (κ3) is 4.34. The lowest BCUT2D eigenvalue weighted by Crippen LogP contribution is -3.00. The van der Waals surface area contributed by atoms with Gasteiger partial charge in [-0.1, -0.05) is 0 Å². The summed E-state index contributed by atoms with van der Waals surface area (Å²) < 4.78 is 1.92. The van der Waals surface area contributed by atoms with Crippen LogP contribution in [0.5, 0.6) is 0 Å². The van der Waals surface area contributed by atoms with E-state index in [9.17, 15) is 4.79 Å². The molecule has 0 spiro atoms. The van der Waals surface area contributed by atoms with Gasteiger partial charge in [0.1, 0.15) is 5.69 Å². The van der Waals surface area contributed by atoms with Crippen molar-refractivity contribution in [3.8, 4) is 0 Å².